The van der Waals surface area contributed by atoms with E-state index in [4.69, 9.17) is 0 Å². The van der Waals surface area contributed by atoms with Crippen LogP contribution in [0.15, 0.2) is 59.5 Å². The van der Waals surface area contributed by atoms with Crippen LogP contribution < -0.4 is 5.56 Å². The SMILES string of the molecule is CC(=O)N1C[C@H]2CN(C(=O)Cn3ccccc3=O)C[C@H]2[C@@H]1c1ccccc1. The molecule has 140 valence electrons. The second kappa shape index (κ2) is 7.02. The predicted octanol–water partition coefficient (Wildman–Crippen LogP) is 1.53. The Balaban J connectivity index is 1.53. The molecule has 0 saturated carbocycles. The molecule has 2 aliphatic rings. The van der Waals surface area contributed by atoms with Gasteiger partial charge in [-0.15, -0.1) is 0 Å². The summed E-state index contributed by atoms with van der Waals surface area (Å²) in [5.74, 6) is 0.536. The fourth-order valence-corrected chi connectivity index (χ4v) is 4.49. The van der Waals surface area contributed by atoms with Gasteiger partial charge in [-0.3, -0.25) is 14.4 Å². The third kappa shape index (κ3) is 3.27. The number of nitrogens with zero attached hydrogens (tertiary/aromatic N) is 3. The van der Waals surface area contributed by atoms with Gasteiger partial charge in [0.2, 0.25) is 11.8 Å². The first kappa shape index (κ1) is 17.5. The molecule has 4 rings (SSSR count). The van der Waals surface area contributed by atoms with Gasteiger partial charge >= 0.3 is 0 Å². The summed E-state index contributed by atoms with van der Waals surface area (Å²) in [6, 6.07) is 14.9. The smallest absolute Gasteiger partial charge is 0.250 e. The third-order valence-electron chi connectivity index (χ3n) is 5.77. The van der Waals surface area contributed by atoms with Crippen molar-refractivity contribution in [2.24, 2.45) is 11.8 Å². The molecule has 0 N–H and O–H groups in total. The normalized spacial score (nSPS) is 24.1. The largest absolute Gasteiger partial charge is 0.340 e. The van der Waals surface area contributed by atoms with Crippen molar-refractivity contribution < 1.29 is 9.59 Å². The van der Waals surface area contributed by atoms with Crippen LogP contribution in [0.4, 0.5) is 0 Å². The van der Waals surface area contributed by atoms with Crippen LogP contribution in [0, 0.1) is 11.8 Å². The monoisotopic (exact) mass is 365 g/mol. The topological polar surface area (TPSA) is 62.6 Å². The molecule has 3 atom stereocenters. The quantitative estimate of drug-likeness (QED) is 0.829. The number of fused-ring (bicyclic) bond motifs is 1. The molecular formula is C21H23N3O3. The fourth-order valence-electron chi connectivity index (χ4n) is 4.49. The molecule has 6 nitrogen and oxygen atoms in total. The second-order valence-corrected chi connectivity index (χ2v) is 7.42. The Kier molecular flexibility index (Phi) is 4.56. The van der Waals surface area contributed by atoms with Crippen molar-refractivity contribution in [2.45, 2.75) is 19.5 Å². The number of benzene rings is 1. The highest BCUT2D eigenvalue weighted by molar-refractivity contribution is 5.77. The van der Waals surface area contributed by atoms with E-state index in [1.54, 1.807) is 25.3 Å². The van der Waals surface area contributed by atoms with Crippen LogP contribution in [0.3, 0.4) is 0 Å². The lowest BCUT2D eigenvalue weighted by Gasteiger charge is -2.29. The Morgan fingerprint density at radius 1 is 1.00 bits per heavy atom. The number of aromatic nitrogens is 1. The number of hydrogen-bond donors (Lipinski definition) is 0. The first-order chi connectivity index (χ1) is 13.0. The van der Waals surface area contributed by atoms with Crippen LogP contribution >= 0.6 is 0 Å². The molecular weight excluding hydrogens is 342 g/mol. The maximum atomic E-state index is 12.7. The number of pyridine rings is 1. The van der Waals surface area contributed by atoms with Gasteiger partial charge in [-0.05, 0) is 11.6 Å². The molecule has 0 aliphatic carbocycles. The number of carbonyl (C=O) groups is 2. The lowest BCUT2D eigenvalue weighted by Crippen LogP contribution is -2.38. The molecule has 1 aromatic heterocycles. The van der Waals surface area contributed by atoms with Crippen molar-refractivity contribution in [1.82, 2.24) is 14.4 Å². The molecule has 2 fully saturated rings. The number of likely N-dealkylation sites (tertiary alicyclic amines) is 2. The van der Waals surface area contributed by atoms with Crippen molar-refractivity contribution in [3.05, 3.63) is 70.6 Å². The Bertz CT molecular complexity index is 908. The molecule has 0 radical (unpaired) electrons. The van der Waals surface area contributed by atoms with Crippen LogP contribution in [-0.2, 0) is 16.1 Å². The first-order valence-electron chi connectivity index (χ1n) is 9.30. The lowest BCUT2D eigenvalue weighted by molar-refractivity contribution is -0.132. The Hall–Kier alpha value is -2.89. The van der Waals surface area contributed by atoms with E-state index in [2.05, 4.69) is 12.1 Å². The number of amides is 2. The summed E-state index contributed by atoms with van der Waals surface area (Å²) in [5.41, 5.74) is 0.948. The lowest BCUT2D eigenvalue weighted by atomic mass is 9.89. The predicted molar refractivity (Wildman–Crippen MR) is 101 cm³/mol. The van der Waals surface area contributed by atoms with Crippen molar-refractivity contribution in [1.29, 1.82) is 0 Å². The van der Waals surface area contributed by atoms with Gasteiger partial charge in [0.1, 0.15) is 6.54 Å². The van der Waals surface area contributed by atoms with Crippen molar-refractivity contribution in [3.63, 3.8) is 0 Å². The summed E-state index contributed by atoms with van der Waals surface area (Å²) >= 11 is 0. The standard InChI is InChI=1S/C21H23N3O3/c1-15(25)24-12-17-11-23(20(27)14-22-10-6-5-9-19(22)26)13-18(17)21(24)16-7-3-2-4-8-16/h2-10,17-18,21H,11-14H2,1H3/t17-,18-,21+/m1/s1. The van der Waals surface area contributed by atoms with Gasteiger partial charge in [-0.2, -0.15) is 0 Å². The van der Waals surface area contributed by atoms with Gasteiger partial charge < -0.3 is 14.4 Å². The van der Waals surface area contributed by atoms with E-state index in [0.717, 1.165) is 5.56 Å². The third-order valence-corrected chi connectivity index (χ3v) is 5.77. The van der Waals surface area contributed by atoms with E-state index in [0.29, 0.717) is 19.6 Å². The molecule has 0 bridgehead atoms. The fraction of sp³-hybridized carbons (Fsp3) is 0.381. The summed E-state index contributed by atoms with van der Waals surface area (Å²) in [6.07, 6.45) is 1.64. The Morgan fingerprint density at radius 3 is 2.44 bits per heavy atom. The van der Waals surface area contributed by atoms with E-state index < -0.39 is 0 Å². The van der Waals surface area contributed by atoms with Gasteiger partial charge in [-0.1, -0.05) is 36.4 Å². The minimum absolute atomic E-state index is 0.00551. The summed E-state index contributed by atoms with van der Waals surface area (Å²) in [4.78, 5) is 40.6. The van der Waals surface area contributed by atoms with Gasteiger partial charge in [0, 0.05) is 50.7 Å². The van der Waals surface area contributed by atoms with Gasteiger partial charge in [0.25, 0.3) is 5.56 Å². The van der Waals surface area contributed by atoms with Crippen molar-refractivity contribution in [3.8, 4) is 0 Å². The van der Waals surface area contributed by atoms with Crippen LogP contribution in [0.5, 0.6) is 0 Å². The first-order valence-corrected chi connectivity index (χ1v) is 9.30. The van der Waals surface area contributed by atoms with Crippen LogP contribution in [0.25, 0.3) is 0 Å². The summed E-state index contributed by atoms with van der Waals surface area (Å²) in [6.45, 7) is 3.61. The zero-order valence-electron chi connectivity index (χ0n) is 15.3. The van der Waals surface area contributed by atoms with Crippen molar-refractivity contribution in [2.75, 3.05) is 19.6 Å². The highest BCUT2D eigenvalue weighted by Crippen LogP contribution is 2.44. The van der Waals surface area contributed by atoms with E-state index in [1.165, 1.54) is 10.6 Å². The summed E-state index contributed by atoms with van der Waals surface area (Å²) in [5, 5.41) is 0. The summed E-state index contributed by atoms with van der Waals surface area (Å²) < 4.78 is 1.44. The molecule has 0 spiro atoms. The highest BCUT2D eigenvalue weighted by Gasteiger charge is 2.49. The molecule has 2 amide bonds. The number of rotatable bonds is 3. The molecule has 3 heterocycles. The van der Waals surface area contributed by atoms with Crippen LogP contribution in [0.2, 0.25) is 0 Å². The van der Waals surface area contributed by atoms with Crippen LogP contribution in [-0.4, -0.2) is 45.8 Å². The maximum Gasteiger partial charge on any atom is 0.250 e. The number of hydrogen-bond acceptors (Lipinski definition) is 3. The molecule has 2 saturated heterocycles. The van der Waals surface area contributed by atoms with E-state index >= 15 is 0 Å². The van der Waals surface area contributed by atoms with E-state index in [9.17, 15) is 14.4 Å². The average molecular weight is 365 g/mol. The zero-order chi connectivity index (χ0) is 19.0. The molecule has 1 aromatic carbocycles. The molecule has 2 aromatic rings. The van der Waals surface area contributed by atoms with Crippen LogP contribution in [0.1, 0.15) is 18.5 Å². The zero-order valence-corrected chi connectivity index (χ0v) is 15.3. The minimum Gasteiger partial charge on any atom is -0.340 e. The molecule has 0 unspecified atom stereocenters. The molecule has 6 heteroatoms. The highest BCUT2D eigenvalue weighted by atomic mass is 16.2. The molecule has 27 heavy (non-hydrogen) atoms. The summed E-state index contributed by atoms with van der Waals surface area (Å²) in [7, 11) is 0. The van der Waals surface area contributed by atoms with Gasteiger partial charge in [-0.25, -0.2) is 0 Å². The number of carbonyl (C=O) groups excluding carboxylic acids is 2. The van der Waals surface area contributed by atoms with Gasteiger partial charge in [0.15, 0.2) is 0 Å². The average Bonchev–Trinajstić information content (AvgIpc) is 3.22. The maximum absolute atomic E-state index is 12.7. The van der Waals surface area contributed by atoms with E-state index in [-0.39, 0.29) is 41.8 Å². The van der Waals surface area contributed by atoms with Crippen molar-refractivity contribution >= 4 is 11.8 Å². The second-order valence-electron chi connectivity index (χ2n) is 7.42. The minimum atomic E-state index is -0.171. The molecule has 2 aliphatic heterocycles. The van der Waals surface area contributed by atoms with E-state index in [1.807, 2.05) is 28.0 Å². The van der Waals surface area contributed by atoms with Gasteiger partial charge in [0.05, 0.1) is 6.04 Å². The Labute approximate surface area is 158 Å². The Morgan fingerprint density at radius 2 is 1.74 bits per heavy atom.